The van der Waals surface area contributed by atoms with Crippen molar-refractivity contribution < 1.29 is 8.42 Å². The summed E-state index contributed by atoms with van der Waals surface area (Å²) >= 11 is 0. The van der Waals surface area contributed by atoms with Crippen LogP contribution < -0.4 is 16.4 Å². The summed E-state index contributed by atoms with van der Waals surface area (Å²) in [6.07, 6.45) is 0. The number of nitrogens with two attached hydrogens (primary N) is 1. The molecule has 1 aliphatic heterocycles. The monoisotopic (exact) mass is 399 g/mol. The molecule has 0 bridgehead atoms. The molecule has 0 aromatic heterocycles. The number of rotatable bonds is 5. The number of hydrogen-bond acceptors (Lipinski definition) is 5. The first-order valence-corrected chi connectivity index (χ1v) is 10.8. The Morgan fingerprint density at radius 1 is 1.14 bits per heavy atom. The van der Waals surface area contributed by atoms with Crippen molar-refractivity contribution in [3.8, 4) is 0 Å². The number of guanidine groups is 1. The molecular weight excluding hydrogens is 374 g/mol. The highest BCUT2D eigenvalue weighted by Gasteiger charge is 2.34. The highest BCUT2D eigenvalue weighted by atomic mass is 32.2. The summed E-state index contributed by atoms with van der Waals surface area (Å²) in [5.41, 5.74) is 8.00. The lowest BCUT2D eigenvalue weighted by Gasteiger charge is -2.34. The normalized spacial score (nSPS) is 21.2. The van der Waals surface area contributed by atoms with Gasteiger partial charge in [0.25, 0.3) is 0 Å². The lowest BCUT2D eigenvalue weighted by atomic mass is 10.1. The standard InChI is InChI=1S/C20H25N5O2S/c1-4-28(26,27)17-12-8-11-16(13-17)20(21)24-18(15-9-6-5-7-10-15)23-19(25-20)22-14(2)3/h5-14H,4,21H2,1-3H3,(H2,22,23,24,25). The van der Waals surface area contributed by atoms with E-state index in [2.05, 4.69) is 20.6 Å². The van der Waals surface area contributed by atoms with E-state index in [1.165, 1.54) is 0 Å². The average Bonchev–Trinajstić information content (AvgIpc) is 2.68. The molecule has 0 saturated heterocycles. The van der Waals surface area contributed by atoms with E-state index in [4.69, 9.17) is 5.73 Å². The zero-order valence-corrected chi connectivity index (χ0v) is 17.0. The number of sulfone groups is 1. The van der Waals surface area contributed by atoms with Gasteiger partial charge in [-0.1, -0.05) is 49.4 Å². The maximum atomic E-state index is 12.3. The molecule has 8 heteroatoms. The summed E-state index contributed by atoms with van der Waals surface area (Å²) in [5.74, 6) is -0.300. The van der Waals surface area contributed by atoms with E-state index in [1.807, 2.05) is 44.2 Å². The van der Waals surface area contributed by atoms with E-state index >= 15 is 0 Å². The molecule has 7 nitrogen and oxygen atoms in total. The Bertz CT molecular complexity index is 1020. The maximum absolute atomic E-state index is 12.3. The van der Waals surface area contributed by atoms with Crippen molar-refractivity contribution in [2.24, 2.45) is 15.7 Å². The Morgan fingerprint density at radius 3 is 2.50 bits per heavy atom. The van der Waals surface area contributed by atoms with Crippen LogP contribution in [0.1, 0.15) is 31.9 Å². The van der Waals surface area contributed by atoms with Gasteiger partial charge in [-0.15, -0.1) is 0 Å². The Kier molecular flexibility index (Phi) is 5.53. The van der Waals surface area contributed by atoms with Crippen LogP contribution in [0.4, 0.5) is 0 Å². The molecule has 0 aliphatic carbocycles. The lowest BCUT2D eigenvalue weighted by Crippen LogP contribution is -2.61. The van der Waals surface area contributed by atoms with Crippen molar-refractivity contribution >= 4 is 21.6 Å². The first kappa shape index (κ1) is 20.0. The minimum atomic E-state index is -3.36. The fourth-order valence-corrected chi connectivity index (χ4v) is 3.77. The molecule has 0 amide bonds. The Labute approximate surface area is 165 Å². The van der Waals surface area contributed by atoms with Gasteiger partial charge >= 0.3 is 0 Å². The smallest absolute Gasteiger partial charge is 0.213 e. The van der Waals surface area contributed by atoms with Gasteiger partial charge in [-0.3, -0.25) is 10.7 Å². The third-order valence-corrected chi connectivity index (χ3v) is 6.01. The van der Waals surface area contributed by atoms with Gasteiger partial charge in [-0.25, -0.2) is 13.4 Å². The molecule has 1 atom stereocenters. The Balaban J connectivity index is 2.13. The first-order chi connectivity index (χ1) is 13.2. The highest BCUT2D eigenvalue weighted by molar-refractivity contribution is 7.91. The second kappa shape index (κ2) is 7.73. The molecule has 0 spiro atoms. The molecule has 0 saturated carbocycles. The van der Waals surface area contributed by atoms with E-state index in [1.54, 1.807) is 31.2 Å². The number of amidine groups is 1. The van der Waals surface area contributed by atoms with Gasteiger partial charge in [0, 0.05) is 17.2 Å². The number of aliphatic imine (C=N–C) groups is 2. The van der Waals surface area contributed by atoms with Crippen LogP contribution in [0.5, 0.6) is 0 Å². The van der Waals surface area contributed by atoms with E-state index in [0.717, 1.165) is 5.56 Å². The zero-order chi connectivity index (χ0) is 20.4. The highest BCUT2D eigenvalue weighted by Crippen LogP contribution is 2.24. The topological polar surface area (TPSA) is 109 Å². The van der Waals surface area contributed by atoms with Crippen molar-refractivity contribution in [1.82, 2.24) is 10.6 Å². The molecule has 1 heterocycles. The predicted molar refractivity (Wildman–Crippen MR) is 112 cm³/mol. The summed E-state index contributed by atoms with van der Waals surface area (Å²) in [4.78, 5) is 9.41. The molecule has 4 N–H and O–H groups in total. The Hall–Kier alpha value is -2.71. The van der Waals surface area contributed by atoms with Crippen LogP contribution in [0.15, 0.2) is 69.5 Å². The van der Waals surface area contributed by atoms with Gasteiger partial charge in [-0.05, 0) is 26.0 Å². The summed E-state index contributed by atoms with van der Waals surface area (Å²) in [7, 11) is -3.36. The van der Waals surface area contributed by atoms with Crippen LogP contribution in [0.2, 0.25) is 0 Å². The molecular formula is C20H25N5O2S. The van der Waals surface area contributed by atoms with Gasteiger partial charge in [-0.2, -0.15) is 0 Å². The molecule has 1 unspecified atom stereocenters. The van der Waals surface area contributed by atoms with Crippen molar-refractivity contribution in [3.63, 3.8) is 0 Å². The number of benzene rings is 2. The maximum Gasteiger partial charge on any atom is 0.213 e. The van der Waals surface area contributed by atoms with Crippen LogP contribution in [-0.2, 0) is 15.6 Å². The van der Waals surface area contributed by atoms with Gasteiger partial charge < -0.3 is 10.6 Å². The lowest BCUT2D eigenvalue weighted by molar-refractivity contribution is 0.415. The third kappa shape index (κ3) is 4.23. The fraction of sp³-hybridized carbons (Fsp3) is 0.300. The summed E-state index contributed by atoms with van der Waals surface area (Å²) < 4.78 is 24.6. The number of nitrogens with one attached hydrogen (secondary N) is 2. The largest absolute Gasteiger partial charge is 0.316 e. The minimum absolute atomic E-state index is 0.0155. The van der Waals surface area contributed by atoms with Gasteiger partial charge in [0.15, 0.2) is 15.8 Å². The van der Waals surface area contributed by atoms with Crippen molar-refractivity contribution in [1.29, 1.82) is 0 Å². The van der Waals surface area contributed by atoms with E-state index in [-0.39, 0.29) is 16.7 Å². The van der Waals surface area contributed by atoms with Gasteiger partial charge in [0.1, 0.15) is 5.84 Å². The summed E-state index contributed by atoms with van der Waals surface area (Å²) in [6.45, 7) is 5.52. The predicted octanol–water partition coefficient (Wildman–Crippen LogP) is 1.95. The second-order valence-corrected chi connectivity index (χ2v) is 9.12. The molecule has 2 aromatic carbocycles. The van der Waals surface area contributed by atoms with E-state index in [9.17, 15) is 8.42 Å². The van der Waals surface area contributed by atoms with Crippen LogP contribution >= 0.6 is 0 Å². The molecule has 0 radical (unpaired) electrons. The summed E-state index contributed by atoms with van der Waals surface area (Å²) in [6, 6.07) is 16.2. The SMILES string of the molecule is CCS(=O)(=O)c1cccc(C2(N)N=C(c3ccccc3)NC(=NC(C)C)N2)c1. The first-order valence-electron chi connectivity index (χ1n) is 9.14. The fourth-order valence-electron chi connectivity index (χ4n) is 2.84. The van der Waals surface area contributed by atoms with Crippen LogP contribution in [0.3, 0.4) is 0 Å². The summed E-state index contributed by atoms with van der Waals surface area (Å²) in [5, 5.41) is 6.28. The molecule has 28 heavy (non-hydrogen) atoms. The van der Waals surface area contributed by atoms with Crippen LogP contribution in [-0.4, -0.2) is 32.0 Å². The van der Waals surface area contributed by atoms with Crippen LogP contribution in [0, 0.1) is 0 Å². The van der Waals surface area contributed by atoms with Crippen molar-refractivity contribution in [3.05, 3.63) is 65.7 Å². The van der Waals surface area contributed by atoms with E-state index < -0.39 is 15.6 Å². The molecule has 148 valence electrons. The van der Waals surface area contributed by atoms with Crippen LogP contribution in [0.25, 0.3) is 0 Å². The minimum Gasteiger partial charge on any atom is -0.316 e. The van der Waals surface area contributed by atoms with Gasteiger partial charge in [0.2, 0.25) is 5.79 Å². The van der Waals surface area contributed by atoms with E-state index in [0.29, 0.717) is 17.4 Å². The van der Waals surface area contributed by atoms with Crippen molar-refractivity contribution in [2.45, 2.75) is 37.5 Å². The third-order valence-electron chi connectivity index (χ3n) is 4.28. The van der Waals surface area contributed by atoms with Gasteiger partial charge in [0.05, 0.1) is 10.6 Å². The molecule has 3 rings (SSSR count). The zero-order valence-electron chi connectivity index (χ0n) is 16.2. The molecule has 1 aliphatic rings. The quantitative estimate of drug-likeness (QED) is 0.712. The number of hydrogen-bond donors (Lipinski definition) is 3. The second-order valence-electron chi connectivity index (χ2n) is 6.85. The molecule has 0 fully saturated rings. The average molecular weight is 400 g/mol. The Morgan fingerprint density at radius 2 is 1.86 bits per heavy atom. The number of nitrogens with zero attached hydrogens (tertiary/aromatic N) is 2. The molecule has 2 aromatic rings. The van der Waals surface area contributed by atoms with Crippen molar-refractivity contribution in [2.75, 3.05) is 5.75 Å².